The monoisotopic (exact) mass is 379 g/mol. The summed E-state index contributed by atoms with van der Waals surface area (Å²) in [6, 6.07) is 4.96. The SMILES string of the molecule is CC(C)(C)OC(=O)NC(=Nc1ccc2c(c1)OCO2)NC(=O)OC(C)(C)C. The number of hydrogen-bond acceptors (Lipinski definition) is 7. The van der Waals surface area contributed by atoms with E-state index in [1.807, 2.05) is 0 Å². The van der Waals surface area contributed by atoms with Gasteiger partial charge in [0, 0.05) is 6.07 Å². The molecular weight excluding hydrogens is 354 g/mol. The molecule has 0 bridgehead atoms. The third-order valence-electron chi connectivity index (χ3n) is 2.84. The van der Waals surface area contributed by atoms with Crippen LogP contribution in [-0.2, 0) is 9.47 Å². The molecular formula is C18H25N3O6. The van der Waals surface area contributed by atoms with Crippen LogP contribution in [0.25, 0.3) is 0 Å². The number of carbonyl (C=O) groups is 2. The maximum absolute atomic E-state index is 12.1. The Kier molecular flexibility index (Phi) is 5.82. The van der Waals surface area contributed by atoms with E-state index < -0.39 is 23.4 Å². The second kappa shape index (κ2) is 7.73. The lowest BCUT2D eigenvalue weighted by atomic mass is 10.2. The van der Waals surface area contributed by atoms with Crippen molar-refractivity contribution in [1.82, 2.24) is 10.6 Å². The standard InChI is InChI=1S/C18H25N3O6/c1-17(2,3)26-15(22)20-14(21-16(23)27-18(4,5)6)19-11-7-8-12-13(9-11)25-10-24-12/h7-9H,10H2,1-6H3,(H2,19,20,21,22,23). The molecule has 0 saturated heterocycles. The Hall–Kier alpha value is -2.97. The van der Waals surface area contributed by atoms with Crippen molar-refractivity contribution in [3.8, 4) is 11.5 Å². The van der Waals surface area contributed by atoms with Gasteiger partial charge >= 0.3 is 12.2 Å². The fourth-order valence-electron chi connectivity index (χ4n) is 1.97. The van der Waals surface area contributed by atoms with E-state index in [9.17, 15) is 9.59 Å². The van der Waals surface area contributed by atoms with Gasteiger partial charge in [0.2, 0.25) is 12.8 Å². The van der Waals surface area contributed by atoms with Crippen LogP contribution in [0.5, 0.6) is 11.5 Å². The van der Waals surface area contributed by atoms with Crippen molar-refractivity contribution in [1.29, 1.82) is 0 Å². The molecule has 0 fully saturated rings. The number of nitrogens with one attached hydrogen (secondary N) is 2. The van der Waals surface area contributed by atoms with Crippen LogP contribution in [0.2, 0.25) is 0 Å². The zero-order valence-corrected chi connectivity index (χ0v) is 16.3. The largest absolute Gasteiger partial charge is 0.454 e. The minimum Gasteiger partial charge on any atom is -0.454 e. The van der Waals surface area contributed by atoms with E-state index in [-0.39, 0.29) is 12.8 Å². The van der Waals surface area contributed by atoms with Crippen molar-refractivity contribution in [2.45, 2.75) is 52.7 Å². The molecule has 9 heteroatoms. The van der Waals surface area contributed by atoms with E-state index in [1.165, 1.54) is 0 Å². The highest BCUT2D eigenvalue weighted by Crippen LogP contribution is 2.35. The lowest BCUT2D eigenvalue weighted by Gasteiger charge is -2.22. The Morgan fingerprint density at radius 2 is 1.44 bits per heavy atom. The molecule has 1 aromatic carbocycles. The van der Waals surface area contributed by atoms with E-state index in [1.54, 1.807) is 59.7 Å². The van der Waals surface area contributed by atoms with Crippen LogP contribution in [0.3, 0.4) is 0 Å². The summed E-state index contributed by atoms with van der Waals surface area (Å²) in [5.41, 5.74) is -0.985. The molecule has 0 aromatic heterocycles. The van der Waals surface area contributed by atoms with Gasteiger partial charge in [0.05, 0.1) is 5.69 Å². The number of aliphatic imine (C=N–C) groups is 1. The van der Waals surface area contributed by atoms with Gasteiger partial charge in [0.1, 0.15) is 11.2 Å². The molecule has 2 rings (SSSR count). The highest BCUT2D eigenvalue weighted by atomic mass is 16.7. The highest BCUT2D eigenvalue weighted by molar-refractivity contribution is 6.02. The quantitative estimate of drug-likeness (QED) is 0.572. The van der Waals surface area contributed by atoms with Gasteiger partial charge in [0.15, 0.2) is 11.5 Å². The Labute approximate surface area is 158 Å². The summed E-state index contributed by atoms with van der Waals surface area (Å²) in [4.78, 5) is 28.4. The fraction of sp³-hybridized carbons (Fsp3) is 0.500. The maximum atomic E-state index is 12.1. The summed E-state index contributed by atoms with van der Waals surface area (Å²) >= 11 is 0. The van der Waals surface area contributed by atoms with Crippen molar-refractivity contribution in [2.24, 2.45) is 4.99 Å². The molecule has 0 saturated carbocycles. The lowest BCUT2D eigenvalue weighted by Crippen LogP contribution is -2.47. The van der Waals surface area contributed by atoms with Gasteiger partial charge < -0.3 is 18.9 Å². The van der Waals surface area contributed by atoms with Crippen molar-refractivity contribution >= 4 is 23.8 Å². The molecule has 27 heavy (non-hydrogen) atoms. The number of carbonyl (C=O) groups excluding carboxylic acids is 2. The normalized spacial score (nSPS) is 12.8. The number of guanidine groups is 1. The van der Waals surface area contributed by atoms with Gasteiger partial charge in [-0.2, -0.15) is 0 Å². The molecule has 0 spiro atoms. The minimum atomic E-state index is -0.766. The summed E-state index contributed by atoms with van der Waals surface area (Å²) in [6.45, 7) is 10.5. The first-order valence-electron chi connectivity index (χ1n) is 8.40. The first-order chi connectivity index (χ1) is 12.4. The first kappa shape index (κ1) is 20.3. The van der Waals surface area contributed by atoms with Crippen LogP contribution >= 0.6 is 0 Å². The van der Waals surface area contributed by atoms with Gasteiger partial charge in [-0.05, 0) is 53.7 Å². The van der Waals surface area contributed by atoms with Gasteiger partial charge in [-0.3, -0.25) is 10.6 Å². The summed E-state index contributed by atoms with van der Waals surface area (Å²) in [7, 11) is 0. The zero-order valence-electron chi connectivity index (χ0n) is 16.3. The molecule has 148 valence electrons. The van der Waals surface area contributed by atoms with Crippen LogP contribution in [0.15, 0.2) is 23.2 Å². The Bertz CT molecular complexity index is 714. The summed E-state index contributed by atoms with van der Waals surface area (Å²) < 4.78 is 20.9. The lowest BCUT2D eigenvalue weighted by molar-refractivity contribution is 0.0545. The zero-order chi connectivity index (χ0) is 20.2. The molecule has 0 aliphatic carbocycles. The van der Waals surface area contributed by atoms with E-state index in [0.717, 1.165) is 0 Å². The summed E-state index contributed by atoms with van der Waals surface area (Å²) in [6.07, 6.45) is -1.53. The first-order valence-corrected chi connectivity index (χ1v) is 8.40. The van der Waals surface area contributed by atoms with Crippen molar-refractivity contribution in [3.05, 3.63) is 18.2 Å². The van der Waals surface area contributed by atoms with Crippen LogP contribution in [-0.4, -0.2) is 36.1 Å². The average Bonchev–Trinajstić information content (AvgIpc) is 2.90. The van der Waals surface area contributed by atoms with E-state index in [0.29, 0.717) is 17.2 Å². The molecule has 0 unspecified atom stereocenters. The minimum absolute atomic E-state index is 0.127. The van der Waals surface area contributed by atoms with Crippen LogP contribution < -0.4 is 20.1 Å². The number of ether oxygens (including phenoxy) is 4. The molecule has 1 aromatic rings. The third-order valence-corrected chi connectivity index (χ3v) is 2.84. The van der Waals surface area contributed by atoms with Gasteiger partial charge in [0.25, 0.3) is 0 Å². The van der Waals surface area contributed by atoms with Crippen LogP contribution in [0, 0.1) is 0 Å². The van der Waals surface area contributed by atoms with Crippen molar-refractivity contribution < 1.29 is 28.5 Å². The number of amides is 2. The Morgan fingerprint density at radius 1 is 0.926 bits per heavy atom. The number of rotatable bonds is 1. The molecule has 1 aliphatic rings. The highest BCUT2D eigenvalue weighted by Gasteiger charge is 2.21. The fourth-order valence-corrected chi connectivity index (χ4v) is 1.97. The Morgan fingerprint density at radius 3 is 1.96 bits per heavy atom. The number of fused-ring (bicyclic) bond motifs is 1. The average molecular weight is 379 g/mol. The third kappa shape index (κ3) is 7.04. The van der Waals surface area contributed by atoms with E-state index in [4.69, 9.17) is 18.9 Å². The van der Waals surface area contributed by atoms with Crippen molar-refractivity contribution in [3.63, 3.8) is 0 Å². The summed E-state index contributed by atoms with van der Waals surface area (Å²) in [5, 5.41) is 4.82. The van der Waals surface area contributed by atoms with Crippen LogP contribution in [0.4, 0.5) is 15.3 Å². The smallest absolute Gasteiger partial charge is 0.414 e. The number of benzene rings is 1. The topological polar surface area (TPSA) is 107 Å². The number of nitrogens with zero attached hydrogens (tertiary/aromatic N) is 1. The van der Waals surface area contributed by atoms with E-state index >= 15 is 0 Å². The number of alkyl carbamates (subject to hydrolysis) is 2. The van der Waals surface area contributed by atoms with Gasteiger partial charge in [-0.15, -0.1) is 0 Å². The molecule has 1 heterocycles. The maximum Gasteiger partial charge on any atom is 0.414 e. The van der Waals surface area contributed by atoms with Gasteiger partial charge in [-0.1, -0.05) is 0 Å². The molecule has 9 nitrogen and oxygen atoms in total. The summed E-state index contributed by atoms with van der Waals surface area (Å²) in [5.74, 6) is 0.971. The molecule has 2 amide bonds. The molecule has 2 N–H and O–H groups in total. The number of hydrogen-bond donors (Lipinski definition) is 2. The molecule has 0 radical (unpaired) electrons. The second-order valence-electron chi connectivity index (χ2n) is 7.75. The van der Waals surface area contributed by atoms with Crippen molar-refractivity contribution in [2.75, 3.05) is 6.79 Å². The molecule has 1 aliphatic heterocycles. The predicted molar refractivity (Wildman–Crippen MR) is 98.4 cm³/mol. The Balaban J connectivity index is 2.20. The van der Waals surface area contributed by atoms with Crippen LogP contribution in [0.1, 0.15) is 41.5 Å². The predicted octanol–water partition coefficient (Wildman–Crippen LogP) is 3.45. The van der Waals surface area contributed by atoms with Gasteiger partial charge in [-0.25, -0.2) is 14.6 Å². The molecule has 0 atom stereocenters. The van der Waals surface area contributed by atoms with E-state index in [2.05, 4.69) is 15.6 Å². The second-order valence-corrected chi connectivity index (χ2v) is 7.75.